The lowest BCUT2D eigenvalue weighted by Crippen LogP contribution is -2.22. The van der Waals surface area contributed by atoms with Gasteiger partial charge in [-0.15, -0.1) is 0 Å². The molecule has 0 radical (unpaired) electrons. The summed E-state index contributed by atoms with van der Waals surface area (Å²) in [6.07, 6.45) is 0. The monoisotopic (exact) mass is 385 g/mol. The van der Waals surface area contributed by atoms with Crippen LogP contribution in [0.25, 0.3) is 0 Å². The molecule has 1 aliphatic heterocycles. The van der Waals surface area contributed by atoms with E-state index in [1.165, 1.54) is 0 Å². The highest BCUT2D eigenvalue weighted by molar-refractivity contribution is 6.30. The van der Waals surface area contributed by atoms with Gasteiger partial charge in [-0.1, -0.05) is 17.7 Å². The quantitative estimate of drug-likeness (QED) is 0.689. The Labute approximate surface area is 160 Å². The van der Waals surface area contributed by atoms with Crippen molar-refractivity contribution in [3.05, 3.63) is 76.7 Å². The highest BCUT2D eigenvalue weighted by Gasteiger charge is 2.15. The molecule has 27 heavy (non-hydrogen) atoms. The molecule has 2 heterocycles. The van der Waals surface area contributed by atoms with E-state index in [9.17, 15) is 4.79 Å². The van der Waals surface area contributed by atoms with Gasteiger partial charge >= 0.3 is 0 Å². The standard InChI is InChI=1S/C20H16ClNO5/c21-14-2-4-15(5-3-14)24-11-16-6-8-18(27-16)20(23)22-10-13-1-7-17-19(9-13)26-12-25-17/h1-9H,10-12H2,(H,22,23). The third kappa shape index (κ3) is 4.17. The predicted octanol–water partition coefficient (Wildman–Crippen LogP) is 4.17. The maximum Gasteiger partial charge on any atom is 0.287 e. The minimum Gasteiger partial charge on any atom is -0.486 e. The molecule has 7 heteroatoms. The zero-order valence-electron chi connectivity index (χ0n) is 14.2. The summed E-state index contributed by atoms with van der Waals surface area (Å²) < 4.78 is 21.7. The Bertz CT molecular complexity index is 951. The van der Waals surface area contributed by atoms with Gasteiger partial charge in [-0.05, 0) is 54.1 Å². The molecular formula is C20H16ClNO5. The van der Waals surface area contributed by atoms with Gasteiger partial charge in [-0.3, -0.25) is 4.79 Å². The van der Waals surface area contributed by atoms with Gasteiger partial charge in [0.2, 0.25) is 6.79 Å². The van der Waals surface area contributed by atoms with Crippen molar-refractivity contribution in [3.8, 4) is 17.2 Å². The van der Waals surface area contributed by atoms with Gasteiger partial charge in [0.15, 0.2) is 17.3 Å². The van der Waals surface area contributed by atoms with Crippen LogP contribution in [0, 0.1) is 0 Å². The first-order valence-corrected chi connectivity index (χ1v) is 8.69. The number of fused-ring (bicyclic) bond motifs is 1. The second kappa shape index (κ2) is 7.63. The average molecular weight is 386 g/mol. The molecule has 0 fully saturated rings. The second-order valence-corrected chi connectivity index (χ2v) is 6.32. The van der Waals surface area contributed by atoms with Crippen LogP contribution in [0.1, 0.15) is 21.9 Å². The number of ether oxygens (including phenoxy) is 3. The van der Waals surface area contributed by atoms with Crippen LogP contribution >= 0.6 is 11.6 Å². The lowest BCUT2D eigenvalue weighted by molar-refractivity contribution is 0.0919. The number of benzene rings is 2. The Morgan fingerprint density at radius 3 is 2.70 bits per heavy atom. The summed E-state index contributed by atoms with van der Waals surface area (Å²) in [4.78, 5) is 12.3. The van der Waals surface area contributed by atoms with Crippen molar-refractivity contribution in [2.24, 2.45) is 0 Å². The maximum atomic E-state index is 12.3. The van der Waals surface area contributed by atoms with E-state index in [0.717, 1.165) is 5.56 Å². The van der Waals surface area contributed by atoms with Crippen LogP contribution in [0.5, 0.6) is 17.2 Å². The van der Waals surface area contributed by atoms with Crippen LogP contribution in [0.4, 0.5) is 0 Å². The van der Waals surface area contributed by atoms with Crippen molar-refractivity contribution in [1.29, 1.82) is 0 Å². The Morgan fingerprint density at radius 1 is 1.04 bits per heavy atom. The third-order valence-electron chi connectivity index (χ3n) is 3.97. The van der Waals surface area contributed by atoms with Crippen LogP contribution in [0.2, 0.25) is 5.02 Å². The molecular weight excluding hydrogens is 370 g/mol. The largest absolute Gasteiger partial charge is 0.486 e. The minimum absolute atomic E-state index is 0.219. The molecule has 1 amide bonds. The van der Waals surface area contributed by atoms with Gasteiger partial charge in [0.05, 0.1) is 0 Å². The number of hydrogen-bond donors (Lipinski definition) is 1. The number of nitrogens with one attached hydrogen (secondary N) is 1. The number of rotatable bonds is 6. The first-order chi connectivity index (χ1) is 13.2. The number of carbonyl (C=O) groups is 1. The maximum absolute atomic E-state index is 12.3. The van der Waals surface area contributed by atoms with E-state index in [0.29, 0.717) is 34.6 Å². The summed E-state index contributed by atoms with van der Waals surface area (Å²) in [6, 6.07) is 15.9. The summed E-state index contributed by atoms with van der Waals surface area (Å²) in [7, 11) is 0. The van der Waals surface area contributed by atoms with Crippen molar-refractivity contribution < 1.29 is 23.4 Å². The Hall–Kier alpha value is -3.12. The number of furan rings is 1. The Morgan fingerprint density at radius 2 is 1.85 bits per heavy atom. The number of carbonyl (C=O) groups excluding carboxylic acids is 1. The van der Waals surface area contributed by atoms with Gasteiger partial charge in [-0.2, -0.15) is 0 Å². The molecule has 0 saturated heterocycles. The third-order valence-corrected chi connectivity index (χ3v) is 4.22. The van der Waals surface area contributed by atoms with Crippen LogP contribution in [-0.2, 0) is 13.2 Å². The summed E-state index contributed by atoms with van der Waals surface area (Å²) in [6.45, 7) is 0.794. The van der Waals surface area contributed by atoms with E-state index < -0.39 is 0 Å². The Balaban J connectivity index is 1.31. The van der Waals surface area contributed by atoms with E-state index >= 15 is 0 Å². The molecule has 0 atom stereocenters. The number of hydrogen-bond acceptors (Lipinski definition) is 5. The molecule has 1 aromatic heterocycles. The van der Waals surface area contributed by atoms with E-state index in [2.05, 4.69) is 5.32 Å². The van der Waals surface area contributed by atoms with E-state index in [1.54, 1.807) is 36.4 Å². The zero-order valence-corrected chi connectivity index (χ0v) is 15.0. The fraction of sp³-hybridized carbons (Fsp3) is 0.150. The topological polar surface area (TPSA) is 69.9 Å². The van der Waals surface area contributed by atoms with Crippen molar-refractivity contribution in [2.75, 3.05) is 6.79 Å². The smallest absolute Gasteiger partial charge is 0.287 e. The van der Waals surface area contributed by atoms with Crippen LogP contribution in [-0.4, -0.2) is 12.7 Å². The number of amides is 1. The van der Waals surface area contributed by atoms with Gasteiger partial charge < -0.3 is 23.9 Å². The van der Waals surface area contributed by atoms with Crippen molar-refractivity contribution in [1.82, 2.24) is 5.32 Å². The zero-order chi connectivity index (χ0) is 18.6. The fourth-order valence-corrected chi connectivity index (χ4v) is 2.71. The molecule has 0 unspecified atom stereocenters. The fourth-order valence-electron chi connectivity index (χ4n) is 2.58. The molecule has 3 aromatic rings. The molecule has 6 nitrogen and oxygen atoms in total. The van der Waals surface area contributed by atoms with Crippen molar-refractivity contribution in [2.45, 2.75) is 13.2 Å². The normalized spacial score (nSPS) is 12.0. The van der Waals surface area contributed by atoms with E-state index in [1.807, 2.05) is 18.2 Å². The Kier molecular flexibility index (Phi) is 4.89. The number of halogens is 1. The molecule has 2 aromatic carbocycles. The van der Waals surface area contributed by atoms with Gasteiger partial charge in [0.1, 0.15) is 18.1 Å². The molecule has 1 N–H and O–H groups in total. The highest BCUT2D eigenvalue weighted by atomic mass is 35.5. The lowest BCUT2D eigenvalue weighted by atomic mass is 10.2. The van der Waals surface area contributed by atoms with Gasteiger partial charge in [-0.25, -0.2) is 0 Å². The predicted molar refractivity (Wildman–Crippen MR) is 98.2 cm³/mol. The van der Waals surface area contributed by atoms with E-state index in [-0.39, 0.29) is 25.1 Å². The highest BCUT2D eigenvalue weighted by Crippen LogP contribution is 2.32. The summed E-state index contributed by atoms with van der Waals surface area (Å²) >= 11 is 5.84. The first-order valence-electron chi connectivity index (χ1n) is 8.31. The molecule has 0 bridgehead atoms. The van der Waals surface area contributed by atoms with E-state index in [4.69, 9.17) is 30.2 Å². The van der Waals surface area contributed by atoms with Crippen molar-refractivity contribution in [3.63, 3.8) is 0 Å². The molecule has 4 rings (SSSR count). The summed E-state index contributed by atoms with van der Waals surface area (Å²) in [5, 5.41) is 3.46. The first kappa shape index (κ1) is 17.3. The van der Waals surface area contributed by atoms with Gasteiger partial charge in [0, 0.05) is 11.6 Å². The molecule has 138 valence electrons. The molecule has 1 aliphatic rings. The molecule has 0 spiro atoms. The lowest BCUT2D eigenvalue weighted by Gasteiger charge is -2.05. The van der Waals surface area contributed by atoms with Crippen LogP contribution in [0.15, 0.2) is 59.0 Å². The van der Waals surface area contributed by atoms with Crippen molar-refractivity contribution >= 4 is 17.5 Å². The van der Waals surface area contributed by atoms with Gasteiger partial charge in [0.25, 0.3) is 5.91 Å². The summed E-state index contributed by atoms with van der Waals surface area (Å²) in [5.74, 6) is 2.54. The second-order valence-electron chi connectivity index (χ2n) is 5.88. The average Bonchev–Trinajstić information content (AvgIpc) is 3.34. The minimum atomic E-state index is -0.301. The summed E-state index contributed by atoms with van der Waals surface area (Å²) in [5.41, 5.74) is 0.908. The van der Waals surface area contributed by atoms with Crippen LogP contribution in [0.3, 0.4) is 0 Å². The molecule has 0 aliphatic carbocycles. The SMILES string of the molecule is O=C(NCc1ccc2c(c1)OCO2)c1ccc(COc2ccc(Cl)cc2)o1. The molecule has 0 saturated carbocycles. The van der Waals surface area contributed by atoms with Crippen LogP contribution < -0.4 is 19.5 Å².